The molecule has 1 aromatic rings. The zero-order valence-corrected chi connectivity index (χ0v) is 14.9. The molecule has 1 atom stereocenters. The molecule has 6 nitrogen and oxygen atoms in total. The number of hydroxylamine groups is 2. The zero-order chi connectivity index (χ0) is 16.7. The van der Waals surface area contributed by atoms with E-state index in [9.17, 15) is 10.0 Å². The summed E-state index contributed by atoms with van der Waals surface area (Å²) in [7, 11) is 0. The predicted octanol–water partition coefficient (Wildman–Crippen LogP) is 3.53. The lowest BCUT2D eigenvalue weighted by atomic mass is 10.1. The lowest BCUT2D eigenvalue weighted by molar-refractivity contribution is -0.114. The maximum absolute atomic E-state index is 12.2. The maximum atomic E-state index is 12.2. The molecule has 120 valence electrons. The smallest absolute Gasteiger partial charge is 0.306 e. The quantitative estimate of drug-likeness (QED) is 0.315. The first-order chi connectivity index (χ1) is 10.1. The number of carbonyl (C=O) groups excluding carboxylic acids is 1. The van der Waals surface area contributed by atoms with Crippen LogP contribution < -0.4 is 11.2 Å². The number of thioether (sulfide) groups is 1. The zero-order valence-electron chi connectivity index (χ0n) is 11.7. The molecule has 2 amide bonds. The van der Waals surface area contributed by atoms with Gasteiger partial charge in [0.2, 0.25) is 0 Å². The van der Waals surface area contributed by atoms with E-state index in [4.69, 9.17) is 41.3 Å². The molecule has 0 aliphatic carbocycles. The minimum atomic E-state index is -0.798. The van der Waals surface area contributed by atoms with Gasteiger partial charge < -0.3 is 5.32 Å². The Kier molecular flexibility index (Phi) is 5.10. The monoisotopic (exact) mass is 380 g/mol. The van der Waals surface area contributed by atoms with E-state index in [0.29, 0.717) is 25.1 Å². The summed E-state index contributed by atoms with van der Waals surface area (Å²) in [5, 5.41) is 15.1. The minimum absolute atomic E-state index is 0.294. The molecule has 1 fully saturated rings. The molecule has 1 heterocycles. The van der Waals surface area contributed by atoms with Crippen LogP contribution in [0, 0.1) is 0 Å². The van der Waals surface area contributed by atoms with Crippen molar-refractivity contribution in [3.05, 3.63) is 28.2 Å². The van der Waals surface area contributed by atoms with E-state index >= 15 is 0 Å². The molecule has 10 heteroatoms. The van der Waals surface area contributed by atoms with Crippen molar-refractivity contribution in [1.29, 1.82) is 0 Å². The highest BCUT2D eigenvalue weighted by Gasteiger charge is 2.48. The number of benzene rings is 1. The summed E-state index contributed by atoms with van der Waals surface area (Å²) in [5.74, 6) is 5.83. The lowest BCUT2D eigenvalue weighted by Gasteiger charge is -2.34. The second-order valence-corrected chi connectivity index (χ2v) is 8.26. The Bertz CT molecular complexity index is 629. The van der Waals surface area contributed by atoms with Crippen molar-refractivity contribution in [1.82, 2.24) is 10.1 Å². The van der Waals surface area contributed by atoms with E-state index in [0.717, 1.165) is 0 Å². The molecule has 4 N–H and O–H groups in total. The first-order valence-electron chi connectivity index (χ1n) is 6.14. The molecule has 0 bridgehead atoms. The third-order valence-electron chi connectivity index (χ3n) is 3.06. The van der Waals surface area contributed by atoms with Crippen LogP contribution in [0.15, 0.2) is 18.2 Å². The third-order valence-corrected chi connectivity index (χ3v) is 5.38. The lowest BCUT2D eigenvalue weighted by Crippen LogP contribution is -2.57. The van der Waals surface area contributed by atoms with Gasteiger partial charge in [-0.3, -0.25) is 10.2 Å². The number of carbonyl (C=O) groups is 1. The summed E-state index contributed by atoms with van der Waals surface area (Å²) in [6, 6.07) is 3.84. The summed E-state index contributed by atoms with van der Waals surface area (Å²) in [6.07, 6.45) is -0.798. The second-order valence-electron chi connectivity index (χ2n) is 5.16. The summed E-state index contributed by atoms with van der Waals surface area (Å²) in [6.45, 7) is 3.66. The van der Waals surface area contributed by atoms with Gasteiger partial charge >= 0.3 is 6.03 Å². The SMILES string of the molecule is CC1(C)SC(=S)N(N)C1N(O)C(=O)Nc1ccc(Cl)c(Cl)c1. The van der Waals surface area contributed by atoms with Crippen molar-refractivity contribution in [2.75, 3.05) is 5.32 Å². The van der Waals surface area contributed by atoms with Gasteiger partial charge in [0.05, 0.1) is 14.8 Å². The van der Waals surface area contributed by atoms with Gasteiger partial charge in [-0.25, -0.2) is 10.6 Å². The average Bonchev–Trinajstić information content (AvgIpc) is 2.61. The van der Waals surface area contributed by atoms with Crippen LogP contribution in [0.1, 0.15) is 13.8 Å². The number of hydrogen-bond donors (Lipinski definition) is 3. The Balaban J connectivity index is 2.15. The number of hydrogen-bond acceptors (Lipinski definition) is 5. The topological polar surface area (TPSA) is 81.8 Å². The van der Waals surface area contributed by atoms with Gasteiger partial charge in [0.1, 0.15) is 0 Å². The fraction of sp³-hybridized carbons (Fsp3) is 0.333. The minimum Gasteiger partial charge on any atom is -0.306 e. The first-order valence-corrected chi connectivity index (χ1v) is 8.12. The molecule has 22 heavy (non-hydrogen) atoms. The number of nitrogens with two attached hydrogens (primary N) is 1. The Morgan fingerprint density at radius 1 is 1.50 bits per heavy atom. The standard InChI is InChI=1S/C12H14Cl2N4O2S2/c1-12(2)9(17(15)11(21)22-12)18(20)10(19)16-6-3-4-7(13)8(14)5-6/h3-5,9,20H,15H2,1-2H3,(H,16,19). The average molecular weight is 381 g/mol. The Morgan fingerprint density at radius 3 is 2.64 bits per heavy atom. The fourth-order valence-electron chi connectivity index (χ4n) is 2.04. The second kappa shape index (κ2) is 6.38. The van der Waals surface area contributed by atoms with Gasteiger partial charge in [-0.1, -0.05) is 47.2 Å². The van der Waals surface area contributed by atoms with E-state index < -0.39 is 16.9 Å². The number of anilines is 1. The molecule has 1 aliphatic heterocycles. The van der Waals surface area contributed by atoms with Gasteiger partial charge in [0.25, 0.3) is 0 Å². The molecule has 0 aromatic heterocycles. The summed E-state index contributed by atoms with van der Waals surface area (Å²) >= 11 is 18.1. The summed E-state index contributed by atoms with van der Waals surface area (Å²) in [4.78, 5) is 12.2. The number of thiocarbonyl (C=S) groups is 1. The summed E-state index contributed by atoms with van der Waals surface area (Å²) < 4.78 is -0.161. The molecule has 1 aliphatic rings. The van der Waals surface area contributed by atoms with Crippen molar-refractivity contribution >= 4 is 63.2 Å². The molecule has 2 rings (SSSR count). The van der Waals surface area contributed by atoms with Gasteiger partial charge in [0, 0.05) is 5.69 Å². The fourth-order valence-corrected chi connectivity index (χ4v) is 4.06. The van der Waals surface area contributed by atoms with E-state index in [1.165, 1.54) is 22.8 Å². The Morgan fingerprint density at radius 2 is 2.14 bits per heavy atom. The van der Waals surface area contributed by atoms with Crippen LogP contribution in [0.5, 0.6) is 0 Å². The van der Waals surface area contributed by atoms with Crippen LogP contribution in [0.2, 0.25) is 10.0 Å². The number of amides is 2. The molecular formula is C12H14Cl2N4O2S2. The number of hydrazine groups is 1. The first kappa shape index (κ1) is 17.6. The number of halogens is 2. The number of nitrogens with one attached hydrogen (secondary N) is 1. The van der Waals surface area contributed by atoms with Crippen LogP contribution in [0.3, 0.4) is 0 Å². The maximum Gasteiger partial charge on any atom is 0.347 e. The van der Waals surface area contributed by atoms with Crippen LogP contribution >= 0.6 is 47.2 Å². The van der Waals surface area contributed by atoms with Gasteiger partial charge in [-0.15, -0.1) is 0 Å². The molecular weight excluding hydrogens is 367 g/mol. The van der Waals surface area contributed by atoms with E-state index in [-0.39, 0.29) is 0 Å². The number of nitrogens with zero attached hydrogens (tertiary/aromatic N) is 2. The third kappa shape index (κ3) is 3.42. The number of urea groups is 1. The van der Waals surface area contributed by atoms with Crippen molar-refractivity contribution in [3.8, 4) is 0 Å². The van der Waals surface area contributed by atoms with Crippen LogP contribution in [-0.2, 0) is 0 Å². The molecule has 0 radical (unpaired) electrons. The van der Waals surface area contributed by atoms with Crippen LogP contribution in [0.25, 0.3) is 0 Å². The highest BCUT2D eigenvalue weighted by molar-refractivity contribution is 8.24. The van der Waals surface area contributed by atoms with Crippen molar-refractivity contribution < 1.29 is 10.0 Å². The van der Waals surface area contributed by atoms with Gasteiger partial charge in [-0.05, 0) is 32.0 Å². The van der Waals surface area contributed by atoms with Crippen LogP contribution in [0.4, 0.5) is 10.5 Å². The van der Waals surface area contributed by atoms with Gasteiger partial charge in [-0.2, -0.15) is 5.06 Å². The largest absolute Gasteiger partial charge is 0.347 e. The van der Waals surface area contributed by atoms with Crippen molar-refractivity contribution in [2.24, 2.45) is 5.84 Å². The molecule has 1 aromatic carbocycles. The van der Waals surface area contributed by atoms with Gasteiger partial charge in [0.15, 0.2) is 10.5 Å². The predicted molar refractivity (Wildman–Crippen MR) is 93.2 cm³/mol. The van der Waals surface area contributed by atoms with Crippen molar-refractivity contribution in [2.45, 2.75) is 24.8 Å². The molecule has 0 saturated carbocycles. The van der Waals surface area contributed by atoms with E-state index in [2.05, 4.69) is 5.32 Å². The Hall–Kier alpha value is -0.770. The summed E-state index contributed by atoms with van der Waals surface area (Å²) in [5.41, 5.74) is 0.396. The normalized spacial score (nSPS) is 20.2. The molecule has 1 saturated heterocycles. The van der Waals surface area contributed by atoms with Crippen LogP contribution in [-0.4, -0.2) is 36.5 Å². The van der Waals surface area contributed by atoms with E-state index in [1.54, 1.807) is 12.1 Å². The molecule has 0 spiro atoms. The number of rotatable bonds is 2. The van der Waals surface area contributed by atoms with Crippen molar-refractivity contribution in [3.63, 3.8) is 0 Å². The van der Waals surface area contributed by atoms with E-state index in [1.807, 2.05) is 13.8 Å². The highest BCUT2D eigenvalue weighted by Crippen LogP contribution is 2.40. The highest BCUT2D eigenvalue weighted by atomic mass is 35.5. The Labute approximate surface area is 147 Å². The molecule has 1 unspecified atom stereocenters.